The monoisotopic (exact) mass is 479 g/mol. The molecule has 3 aromatic rings. The van der Waals surface area contributed by atoms with Crippen molar-refractivity contribution in [2.24, 2.45) is 0 Å². The molecule has 8 nitrogen and oxygen atoms in total. The molecule has 162 valence electrons. The summed E-state index contributed by atoms with van der Waals surface area (Å²) in [5.74, 6) is -0.0932. The zero-order valence-electron chi connectivity index (χ0n) is 16.3. The molecule has 31 heavy (non-hydrogen) atoms. The Labute approximate surface area is 189 Å². The summed E-state index contributed by atoms with van der Waals surface area (Å²) in [4.78, 5) is 18.5. The van der Waals surface area contributed by atoms with Crippen LogP contribution in [0.5, 0.6) is 0 Å². The zero-order valence-corrected chi connectivity index (χ0v) is 18.6. The Morgan fingerprint density at radius 1 is 1.06 bits per heavy atom. The Bertz CT molecular complexity index is 1180. The number of likely N-dealkylation sites (tertiary alicyclic amines) is 1. The first-order valence-electron chi connectivity index (χ1n) is 9.55. The molecule has 1 saturated heterocycles. The second kappa shape index (κ2) is 8.86. The van der Waals surface area contributed by atoms with Crippen LogP contribution in [-0.4, -0.2) is 47.1 Å². The Balaban J connectivity index is 1.41. The number of carbonyl (C=O) groups is 1. The van der Waals surface area contributed by atoms with E-state index in [2.05, 4.69) is 14.8 Å². The Morgan fingerprint density at radius 2 is 1.77 bits per heavy atom. The number of nitrogens with zero attached hydrogens (tertiary/aromatic N) is 4. The van der Waals surface area contributed by atoms with E-state index in [0.29, 0.717) is 24.3 Å². The summed E-state index contributed by atoms with van der Waals surface area (Å²) in [7, 11) is -3.92. The summed E-state index contributed by atoms with van der Waals surface area (Å²) in [6.07, 6.45) is 4.80. The van der Waals surface area contributed by atoms with Crippen LogP contribution >= 0.6 is 23.2 Å². The second-order valence-corrected chi connectivity index (χ2v) is 9.65. The van der Waals surface area contributed by atoms with Crippen LogP contribution in [0.15, 0.2) is 60.0 Å². The molecule has 1 aliphatic heterocycles. The molecule has 11 heteroatoms. The molecule has 2 heterocycles. The van der Waals surface area contributed by atoms with Gasteiger partial charge >= 0.3 is 0 Å². The lowest BCUT2D eigenvalue weighted by molar-refractivity contribution is 0.0690. The number of sulfonamides is 1. The van der Waals surface area contributed by atoms with Gasteiger partial charge in [0, 0.05) is 29.4 Å². The first-order chi connectivity index (χ1) is 14.8. The van der Waals surface area contributed by atoms with Crippen molar-refractivity contribution in [3.63, 3.8) is 0 Å². The SMILES string of the molecule is O=C(c1ccc(NS(=O)(=O)c2cc(Cl)ccc2Cl)cc1)N1CCC(n2cncn2)CC1. The Morgan fingerprint density at radius 3 is 2.42 bits per heavy atom. The number of hydrogen-bond donors (Lipinski definition) is 1. The number of benzene rings is 2. The van der Waals surface area contributed by atoms with Gasteiger partial charge in [-0.3, -0.25) is 9.52 Å². The molecule has 1 aliphatic rings. The minimum absolute atomic E-state index is 0.0676. The van der Waals surface area contributed by atoms with Crippen LogP contribution in [0.3, 0.4) is 0 Å². The van der Waals surface area contributed by atoms with Crippen molar-refractivity contribution >= 4 is 44.8 Å². The summed E-state index contributed by atoms with van der Waals surface area (Å²) in [5.41, 5.74) is 0.806. The van der Waals surface area contributed by atoms with E-state index >= 15 is 0 Å². The third-order valence-corrected chi connectivity index (χ3v) is 7.23. The third-order valence-electron chi connectivity index (χ3n) is 5.13. The van der Waals surface area contributed by atoms with Gasteiger partial charge in [-0.05, 0) is 55.3 Å². The Kier molecular flexibility index (Phi) is 6.17. The fourth-order valence-corrected chi connectivity index (χ4v) is 5.32. The van der Waals surface area contributed by atoms with Crippen LogP contribution in [0.2, 0.25) is 10.0 Å². The maximum Gasteiger partial charge on any atom is 0.263 e. The number of carbonyl (C=O) groups excluding carboxylic acids is 1. The normalized spacial score (nSPS) is 15.1. The summed E-state index contributed by atoms with van der Waals surface area (Å²) >= 11 is 11.9. The highest BCUT2D eigenvalue weighted by Crippen LogP contribution is 2.27. The van der Waals surface area contributed by atoms with Crippen molar-refractivity contribution < 1.29 is 13.2 Å². The molecule has 0 aliphatic carbocycles. The summed E-state index contributed by atoms with van der Waals surface area (Å²) in [5, 5.41) is 4.50. The van der Waals surface area contributed by atoms with Gasteiger partial charge in [-0.1, -0.05) is 23.2 Å². The smallest absolute Gasteiger partial charge is 0.263 e. The average Bonchev–Trinajstić information content (AvgIpc) is 3.30. The topological polar surface area (TPSA) is 97.2 Å². The van der Waals surface area contributed by atoms with Gasteiger partial charge in [-0.2, -0.15) is 5.10 Å². The van der Waals surface area contributed by atoms with Gasteiger partial charge in [0.05, 0.1) is 11.1 Å². The molecule has 0 atom stereocenters. The fraction of sp³-hybridized carbons (Fsp3) is 0.250. The minimum atomic E-state index is -3.92. The van der Waals surface area contributed by atoms with Crippen molar-refractivity contribution in [1.29, 1.82) is 0 Å². The quantitative estimate of drug-likeness (QED) is 0.598. The van der Waals surface area contributed by atoms with E-state index < -0.39 is 10.0 Å². The molecule has 4 rings (SSSR count). The third kappa shape index (κ3) is 4.84. The van der Waals surface area contributed by atoms with E-state index in [1.807, 2.05) is 4.68 Å². The van der Waals surface area contributed by atoms with E-state index in [-0.39, 0.29) is 26.9 Å². The average molecular weight is 480 g/mol. The first-order valence-corrected chi connectivity index (χ1v) is 11.8. The van der Waals surface area contributed by atoms with Crippen LogP contribution in [0.25, 0.3) is 0 Å². The van der Waals surface area contributed by atoms with Crippen LogP contribution in [0.4, 0.5) is 5.69 Å². The number of hydrogen-bond acceptors (Lipinski definition) is 5. The molecule has 2 aromatic carbocycles. The number of rotatable bonds is 5. The van der Waals surface area contributed by atoms with Gasteiger partial charge < -0.3 is 4.90 Å². The predicted octanol–water partition coefficient (Wildman–Crippen LogP) is 3.86. The van der Waals surface area contributed by atoms with Gasteiger partial charge in [-0.25, -0.2) is 18.1 Å². The molecule has 0 bridgehead atoms. The molecule has 1 fully saturated rings. The van der Waals surface area contributed by atoms with E-state index in [4.69, 9.17) is 23.2 Å². The van der Waals surface area contributed by atoms with Crippen molar-refractivity contribution in [3.05, 3.63) is 70.7 Å². The Hall–Kier alpha value is -2.62. The highest BCUT2D eigenvalue weighted by Gasteiger charge is 2.25. The predicted molar refractivity (Wildman–Crippen MR) is 118 cm³/mol. The zero-order chi connectivity index (χ0) is 22.0. The van der Waals surface area contributed by atoms with E-state index in [1.54, 1.807) is 35.5 Å². The second-order valence-electron chi connectivity index (χ2n) is 7.16. The summed E-state index contributed by atoms with van der Waals surface area (Å²) < 4.78 is 29.5. The van der Waals surface area contributed by atoms with E-state index in [0.717, 1.165) is 12.8 Å². The highest BCUT2D eigenvalue weighted by molar-refractivity contribution is 7.92. The molecule has 0 unspecified atom stereocenters. The fourth-order valence-electron chi connectivity index (χ4n) is 3.50. The largest absolute Gasteiger partial charge is 0.338 e. The van der Waals surface area contributed by atoms with Crippen molar-refractivity contribution in [2.75, 3.05) is 17.8 Å². The van der Waals surface area contributed by atoms with Crippen LogP contribution in [0, 0.1) is 0 Å². The van der Waals surface area contributed by atoms with Crippen LogP contribution < -0.4 is 4.72 Å². The molecule has 1 amide bonds. The molecule has 1 N–H and O–H groups in total. The molecular formula is C20H19Cl2N5O3S. The number of amides is 1. The van der Waals surface area contributed by atoms with Gasteiger partial charge in [-0.15, -0.1) is 0 Å². The molecular weight excluding hydrogens is 461 g/mol. The van der Waals surface area contributed by atoms with Gasteiger partial charge in [0.2, 0.25) is 0 Å². The summed E-state index contributed by atoms with van der Waals surface area (Å²) in [6.45, 7) is 1.23. The molecule has 1 aromatic heterocycles. The van der Waals surface area contributed by atoms with Crippen molar-refractivity contribution in [1.82, 2.24) is 19.7 Å². The highest BCUT2D eigenvalue weighted by atomic mass is 35.5. The first kappa shape index (κ1) is 21.6. The van der Waals surface area contributed by atoms with Crippen LogP contribution in [0.1, 0.15) is 29.2 Å². The number of nitrogens with one attached hydrogen (secondary N) is 1. The number of anilines is 1. The maximum atomic E-state index is 12.8. The lowest BCUT2D eigenvalue weighted by Gasteiger charge is -2.32. The molecule has 0 spiro atoms. The van der Waals surface area contributed by atoms with E-state index in [9.17, 15) is 13.2 Å². The van der Waals surface area contributed by atoms with Gasteiger partial charge in [0.15, 0.2) is 0 Å². The lowest BCUT2D eigenvalue weighted by atomic mass is 10.0. The number of piperidine rings is 1. The van der Waals surface area contributed by atoms with Gasteiger partial charge in [0.1, 0.15) is 17.6 Å². The van der Waals surface area contributed by atoms with E-state index in [1.165, 1.54) is 24.5 Å². The van der Waals surface area contributed by atoms with Crippen LogP contribution in [-0.2, 0) is 10.0 Å². The number of halogens is 2. The molecule has 0 saturated carbocycles. The summed E-state index contributed by atoms with van der Waals surface area (Å²) in [6, 6.07) is 10.8. The minimum Gasteiger partial charge on any atom is -0.338 e. The van der Waals surface area contributed by atoms with Crippen molar-refractivity contribution in [2.45, 2.75) is 23.8 Å². The lowest BCUT2D eigenvalue weighted by Crippen LogP contribution is -2.39. The number of aromatic nitrogens is 3. The standard InChI is InChI=1S/C20H19Cl2N5O3S/c21-15-3-6-18(22)19(11-15)31(29,30)25-16-4-1-14(2-5-16)20(28)26-9-7-17(8-10-26)27-13-23-12-24-27/h1-6,11-13,17,25H,7-10H2. The molecule has 0 radical (unpaired) electrons. The maximum absolute atomic E-state index is 12.8. The van der Waals surface area contributed by atoms with Crippen molar-refractivity contribution in [3.8, 4) is 0 Å². The van der Waals surface area contributed by atoms with Gasteiger partial charge in [0.25, 0.3) is 15.9 Å².